The number of nitrogens with zero attached hydrogens (tertiary/aromatic N) is 2. The lowest BCUT2D eigenvalue weighted by molar-refractivity contribution is 0.0697. The summed E-state index contributed by atoms with van der Waals surface area (Å²) in [6, 6.07) is 15.7. The number of hydrogen-bond acceptors (Lipinski definition) is 4. The molecule has 1 N–H and O–H groups in total. The number of ether oxygens (including phenoxy) is 1. The quantitative estimate of drug-likeness (QED) is 0.291. The number of rotatable bonds is 4. The highest BCUT2D eigenvalue weighted by molar-refractivity contribution is 7.80. The van der Waals surface area contributed by atoms with Crippen LogP contribution in [0.1, 0.15) is 65.2 Å². The highest BCUT2D eigenvalue weighted by atomic mass is 32.1. The first-order valence-corrected chi connectivity index (χ1v) is 12.9. The van der Waals surface area contributed by atoms with E-state index in [1.54, 1.807) is 19.4 Å². The van der Waals surface area contributed by atoms with Crippen molar-refractivity contribution in [2.24, 2.45) is 0 Å². The molecule has 0 unspecified atom stereocenters. The lowest BCUT2D eigenvalue weighted by Crippen LogP contribution is -2.07. The van der Waals surface area contributed by atoms with Gasteiger partial charge in [0.2, 0.25) is 0 Å². The first-order valence-electron chi connectivity index (χ1n) is 12.5. The van der Waals surface area contributed by atoms with E-state index in [4.69, 9.17) is 17.4 Å². The minimum Gasteiger partial charge on any atom is -0.497 e. The second-order valence-electron chi connectivity index (χ2n) is 9.71. The van der Waals surface area contributed by atoms with E-state index in [0.717, 1.165) is 56.8 Å². The van der Waals surface area contributed by atoms with Gasteiger partial charge >= 0.3 is 5.97 Å². The van der Waals surface area contributed by atoms with E-state index < -0.39 is 5.97 Å². The SMILES string of the molecule is COc1ccc2c(c1)C=C(c1ncccc1S)Cn1c-2c(C2CCCCC2)c2ccc(C(=O)O)cc21. The van der Waals surface area contributed by atoms with Crippen LogP contribution in [-0.4, -0.2) is 27.7 Å². The zero-order chi connectivity index (χ0) is 24.8. The number of allylic oxidation sites excluding steroid dienone is 1. The molecule has 1 aliphatic heterocycles. The lowest BCUT2D eigenvalue weighted by Gasteiger charge is -2.24. The highest BCUT2D eigenvalue weighted by Crippen LogP contribution is 2.47. The molecule has 1 fully saturated rings. The molecule has 3 heterocycles. The molecule has 0 spiro atoms. The number of thiol groups is 1. The summed E-state index contributed by atoms with van der Waals surface area (Å²) in [5.74, 6) is 0.330. The topological polar surface area (TPSA) is 64.4 Å². The molecule has 1 saturated carbocycles. The zero-order valence-corrected chi connectivity index (χ0v) is 21.1. The molecule has 0 radical (unpaired) electrons. The number of pyridine rings is 1. The van der Waals surface area contributed by atoms with Crippen molar-refractivity contribution in [1.29, 1.82) is 0 Å². The summed E-state index contributed by atoms with van der Waals surface area (Å²) >= 11 is 4.71. The third-order valence-electron chi connectivity index (χ3n) is 7.63. The number of carboxylic acids is 1. The molecule has 0 saturated heterocycles. The standard InChI is InChI=1S/C30H28N2O3S/c1-35-22-10-12-23-20(15-22)14-21(28-26(36)8-5-13-31-28)17-32-25-16-19(30(33)34)9-11-24(25)27(29(23)32)18-6-3-2-4-7-18/h5,8-16,18,36H,2-4,6-7,17H2,1H3,(H,33,34). The van der Waals surface area contributed by atoms with Crippen LogP contribution in [0.4, 0.5) is 0 Å². The van der Waals surface area contributed by atoms with Gasteiger partial charge in [-0.25, -0.2) is 4.79 Å². The van der Waals surface area contributed by atoms with Crippen molar-refractivity contribution in [2.45, 2.75) is 49.5 Å². The summed E-state index contributed by atoms with van der Waals surface area (Å²) in [6.07, 6.45) is 10.00. The second kappa shape index (κ2) is 9.17. The van der Waals surface area contributed by atoms with Crippen molar-refractivity contribution >= 4 is 41.2 Å². The first-order chi connectivity index (χ1) is 17.5. The third kappa shape index (κ3) is 3.80. The summed E-state index contributed by atoms with van der Waals surface area (Å²) in [4.78, 5) is 17.4. The van der Waals surface area contributed by atoms with Crippen LogP contribution in [0.5, 0.6) is 5.75 Å². The fourth-order valence-electron chi connectivity index (χ4n) is 5.96. The molecule has 0 bridgehead atoms. The van der Waals surface area contributed by atoms with Crippen LogP contribution in [-0.2, 0) is 6.54 Å². The van der Waals surface area contributed by atoms with Crippen molar-refractivity contribution in [1.82, 2.24) is 9.55 Å². The van der Waals surface area contributed by atoms with Gasteiger partial charge in [0.15, 0.2) is 0 Å². The monoisotopic (exact) mass is 496 g/mol. The van der Waals surface area contributed by atoms with Crippen LogP contribution in [0.25, 0.3) is 33.8 Å². The molecule has 4 aromatic rings. The van der Waals surface area contributed by atoms with Gasteiger partial charge in [-0.2, -0.15) is 0 Å². The zero-order valence-electron chi connectivity index (χ0n) is 20.2. The number of aromatic carboxylic acids is 1. The molecule has 182 valence electrons. The molecule has 2 aromatic heterocycles. The molecule has 6 heteroatoms. The Morgan fingerprint density at radius 3 is 2.69 bits per heavy atom. The minimum atomic E-state index is -0.913. The fraction of sp³-hybridized carbons (Fsp3) is 0.267. The van der Waals surface area contributed by atoms with E-state index in [1.165, 1.54) is 30.5 Å². The van der Waals surface area contributed by atoms with Gasteiger partial charge in [0.05, 0.1) is 30.6 Å². The van der Waals surface area contributed by atoms with Crippen LogP contribution in [0.2, 0.25) is 0 Å². The van der Waals surface area contributed by atoms with Gasteiger partial charge in [0.1, 0.15) is 5.75 Å². The average molecular weight is 497 g/mol. The van der Waals surface area contributed by atoms with Gasteiger partial charge < -0.3 is 14.4 Å². The van der Waals surface area contributed by atoms with Crippen molar-refractivity contribution in [3.8, 4) is 17.0 Å². The van der Waals surface area contributed by atoms with E-state index >= 15 is 0 Å². The molecular formula is C30H28N2O3S. The third-order valence-corrected chi connectivity index (χ3v) is 7.99. The number of aromatic nitrogens is 2. The van der Waals surface area contributed by atoms with Gasteiger partial charge in [0.25, 0.3) is 0 Å². The van der Waals surface area contributed by atoms with Crippen molar-refractivity contribution in [3.63, 3.8) is 0 Å². The van der Waals surface area contributed by atoms with Crippen LogP contribution < -0.4 is 4.74 Å². The number of carboxylic acid groups (broad SMARTS) is 1. The smallest absolute Gasteiger partial charge is 0.335 e. The summed E-state index contributed by atoms with van der Waals surface area (Å²) in [6.45, 7) is 0.573. The number of methoxy groups -OCH3 is 1. The molecular weight excluding hydrogens is 468 g/mol. The molecule has 0 atom stereocenters. The number of carbonyl (C=O) groups is 1. The molecule has 6 rings (SSSR count). The average Bonchev–Trinajstić information content (AvgIpc) is 3.12. The summed E-state index contributed by atoms with van der Waals surface area (Å²) in [5, 5.41) is 10.9. The summed E-state index contributed by atoms with van der Waals surface area (Å²) in [7, 11) is 1.69. The largest absolute Gasteiger partial charge is 0.497 e. The number of hydrogen-bond donors (Lipinski definition) is 2. The normalized spacial score (nSPS) is 15.7. The van der Waals surface area contributed by atoms with Crippen molar-refractivity contribution in [2.75, 3.05) is 7.11 Å². The molecule has 2 aromatic carbocycles. The van der Waals surface area contributed by atoms with Gasteiger partial charge in [-0.15, -0.1) is 12.6 Å². The van der Waals surface area contributed by atoms with Gasteiger partial charge in [0, 0.05) is 27.6 Å². The van der Waals surface area contributed by atoms with E-state index in [9.17, 15) is 9.90 Å². The Hall–Kier alpha value is -3.51. The van der Waals surface area contributed by atoms with E-state index in [0.29, 0.717) is 18.0 Å². The molecule has 2 aliphatic rings. The van der Waals surface area contributed by atoms with Crippen LogP contribution in [0, 0.1) is 0 Å². The summed E-state index contributed by atoms with van der Waals surface area (Å²) in [5.41, 5.74) is 7.84. The Morgan fingerprint density at radius 1 is 1.11 bits per heavy atom. The lowest BCUT2D eigenvalue weighted by atomic mass is 9.81. The van der Waals surface area contributed by atoms with Crippen molar-refractivity contribution in [3.05, 3.63) is 77.1 Å². The maximum atomic E-state index is 11.9. The Kier molecular flexibility index (Phi) is 5.84. The van der Waals surface area contributed by atoms with Gasteiger partial charge in [-0.1, -0.05) is 25.3 Å². The van der Waals surface area contributed by atoms with Gasteiger partial charge in [-0.3, -0.25) is 4.98 Å². The van der Waals surface area contributed by atoms with E-state index in [2.05, 4.69) is 27.8 Å². The minimum absolute atomic E-state index is 0.301. The van der Waals surface area contributed by atoms with Crippen LogP contribution >= 0.6 is 12.6 Å². The molecule has 1 aliphatic carbocycles. The van der Waals surface area contributed by atoms with Gasteiger partial charge in [-0.05, 0) is 84.0 Å². The second-order valence-corrected chi connectivity index (χ2v) is 10.2. The predicted molar refractivity (Wildman–Crippen MR) is 146 cm³/mol. The fourth-order valence-corrected chi connectivity index (χ4v) is 6.25. The van der Waals surface area contributed by atoms with E-state index in [1.807, 2.05) is 30.3 Å². The maximum Gasteiger partial charge on any atom is 0.335 e. The maximum absolute atomic E-state index is 11.9. The first kappa shape index (κ1) is 22.9. The van der Waals surface area contributed by atoms with Crippen LogP contribution in [0.3, 0.4) is 0 Å². The predicted octanol–water partition coefficient (Wildman–Crippen LogP) is 7.30. The molecule has 0 amide bonds. The van der Waals surface area contributed by atoms with Crippen molar-refractivity contribution < 1.29 is 14.6 Å². The van der Waals surface area contributed by atoms with E-state index in [-0.39, 0.29) is 0 Å². The Morgan fingerprint density at radius 2 is 1.94 bits per heavy atom. The molecule has 36 heavy (non-hydrogen) atoms. The highest BCUT2D eigenvalue weighted by Gasteiger charge is 2.30. The summed E-state index contributed by atoms with van der Waals surface area (Å²) < 4.78 is 7.89. The molecule has 5 nitrogen and oxygen atoms in total. The Bertz CT molecular complexity index is 1530. The Labute approximate surface area is 215 Å². The Balaban J connectivity index is 1.69. The van der Waals surface area contributed by atoms with Crippen LogP contribution in [0.15, 0.2) is 59.6 Å². The number of benzene rings is 2. The number of fused-ring (bicyclic) bond motifs is 5.